The van der Waals surface area contributed by atoms with Crippen LogP contribution < -0.4 is 0 Å². The van der Waals surface area contributed by atoms with Gasteiger partial charge in [0.05, 0.1) is 0 Å². The van der Waals surface area contributed by atoms with Gasteiger partial charge >= 0.3 is 0 Å². The van der Waals surface area contributed by atoms with Crippen molar-refractivity contribution in [3.8, 4) is 23.7 Å². The monoisotopic (exact) mass is 298 g/mol. The summed E-state index contributed by atoms with van der Waals surface area (Å²) in [6, 6.07) is 0. The third-order valence-electron chi connectivity index (χ3n) is 6.36. The first-order valence-electron chi connectivity index (χ1n) is 9.39. The molecule has 4 aliphatic carbocycles. The first kappa shape index (κ1) is 16.0. The van der Waals surface area contributed by atoms with Crippen molar-refractivity contribution in [1.29, 1.82) is 0 Å². The molecule has 0 aliphatic heterocycles. The average Bonchev–Trinajstić information content (AvgIpc) is 3.34. The Morgan fingerprint density at radius 3 is 1.36 bits per heavy atom. The molecular formula is C21H30O. The largest absolute Gasteiger partial charge is 0.396 e. The van der Waals surface area contributed by atoms with Crippen LogP contribution in [0.4, 0.5) is 0 Å². The summed E-state index contributed by atoms with van der Waals surface area (Å²) in [6.45, 7) is 2.73. The Balaban J connectivity index is 0.000000131. The summed E-state index contributed by atoms with van der Waals surface area (Å²) in [5.74, 6) is 18.2. The van der Waals surface area contributed by atoms with E-state index in [0.29, 0.717) is 12.5 Å². The minimum atomic E-state index is 0.398. The molecule has 2 fully saturated rings. The molecule has 4 aliphatic rings. The molecule has 1 nitrogen and oxygen atoms in total. The summed E-state index contributed by atoms with van der Waals surface area (Å²) in [6.07, 6.45) is 11.1. The van der Waals surface area contributed by atoms with E-state index in [4.69, 9.17) is 5.11 Å². The zero-order valence-electron chi connectivity index (χ0n) is 14.0. The van der Waals surface area contributed by atoms with Crippen LogP contribution in [0.2, 0.25) is 0 Å². The molecule has 22 heavy (non-hydrogen) atoms. The number of hydrogen-bond acceptors (Lipinski definition) is 1. The fourth-order valence-electron chi connectivity index (χ4n) is 4.95. The fourth-order valence-corrected chi connectivity index (χ4v) is 4.95. The maximum atomic E-state index is 8.98. The average molecular weight is 298 g/mol. The Labute approximate surface area is 136 Å². The van der Waals surface area contributed by atoms with Gasteiger partial charge in [0.15, 0.2) is 0 Å². The van der Waals surface area contributed by atoms with E-state index < -0.39 is 0 Å². The van der Waals surface area contributed by atoms with Crippen LogP contribution in [-0.2, 0) is 0 Å². The molecule has 0 bridgehead atoms. The SMILES string of the molecule is CCC1[C@H]2CCC#CCC[C@@H]12.OCC1[C@H]2CCC#CCC[C@@H]12. The van der Waals surface area contributed by atoms with Gasteiger partial charge in [-0.1, -0.05) is 13.3 Å². The predicted octanol–water partition coefficient (Wildman–Crippen LogP) is 4.25. The van der Waals surface area contributed by atoms with Gasteiger partial charge in [-0.2, -0.15) is 0 Å². The van der Waals surface area contributed by atoms with E-state index in [1.807, 2.05) is 0 Å². The molecule has 0 spiro atoms. The summed E-state index contributed by atoms with van der Waals surface area (Å²) >= 11 is 0. The highest BCUT2D eigenvalue weighted by Gasteiger charge is 2.48. The lowest BCUT2D eigenvalue weighted by Crippen LogP contribution is -1.88. The van der Waals surface area contributed by atoms with Crippen LogP contribution in [0, 0.1) is 59.2 Å². The van der Waals surface area contributed by atoms with Gasteiger partial charge in [-0.3, -0.25) is 0 Å². The molecule has 0 amide bonds. The summed E-state index contributed by atoms with van der Waals surface area (Å²) in [7, 11) is 0. The maximum Gasteiger partial charge on any atom is 0.0464 e. The van der Waals surface area contributed by atoms with Gasteiger partial charge in [0.1, 0.15) is 0 Å². The van der Waals surface area contributed by atoms with Gasteiger partial charge in [-0.05, 0) is 61.2 Å². The molecule has 4 rings (SSSR count). The zero-order valence-corrected chi connectivity index (χ0v) is 14.0. The molecule has 0 radical (unpaired) electrons. The summed E-state index contributed by atoms with van der Waals surface area (Å²) in [4.78, 5) is 0. The lowest BCUT2D eigenvalue weighted by Gasteiger charge is -1.96. The molecule has 6 atom stereocenters. The van der Waals surface area contributed by atoms with Crippen LogP contribution in [0.1, 0.15) is 64.7 Å². The molecule has 2 unspecified atom stereocenters. The van der Waals surface area contributed by atoms with E-state index in [2.05, 4.69) is 30.6 Å². The molecule has 0 aromatic heterocycles. The van der Waals surface area contributed by atoms with Crippen molar-refractivity contribution in [2.45, 2.75) is 64.7 Å². The van der Waals surface area contributed by atoms with Gasteiger partial charge in [0.25, 0.3) is 0 Å². The van der Waals surface area contributed by atoms with E-state index in [1.54, 1.807) is 0 Å². The molecule has 0 saturated heterocycles. The second-order valence-electron chi connectivity index (χ2n) is 7.44. The Morgan fingerprint density at radius 1 is 0.682 bits per heavy atom. The Hall–Kier alpha value is -0.920. The summed E-state index contributed by atoms with van der Waals surface area (Å²) < 4.78 is 0. The third-order valence-corrected chi connectivity index (χ3v) is 6.36. The normalized spacial score (nSPS) is 41.0. The molecular weight excluding hydrogens is 268 g/mol. The van der Waals surface area contributed by atoms with Crippen molar-refractivity contribution in [2.24, 2.45) is 35.5 Å². The van der Waals surface area contributed by atoms with Crippen molar-refractivity contribution in [3.63, 3.8) is 0 Å². The number of rotatable bonds is 2. The first-order valence-corrected chi connectivity index (χ1v) is 9.39. The highest BCUT2D eigenvalue weighted by molar-refractivity contribution is 5.08. The number of aliphatic hydroxyl groups is 1. The van der Waals surface area contributed by atoms with Gasteiger partial charge in [-0.15, -0.1) is 23.7 Å². The highest BCUT2D eigenvalue weighted by Crippen LogP contribution is 2.54. The van der Waals surface area contributed by atoms with Gasteiger partial charge in [-0.25, -0.2) is 0 Å². The summed E-state index contributed by atoms with van der Waals surface area (Å²) in [5.41, 5.74) is 0. The molecule has 2 saturated carbocycles. The topological polar surface area (TPSA) is 20.2 Å². The predicted molar refractivity (Wildman–Crippen MR) is 90.8 cm³/mol. The maximum absolute atomic E-state index is 8.98. The number of fused-ring (bicyclic) bond motifs is 2. The van der Waals surface area contributed by atoms with Crippen LogP contribution in [0.15, 0.2) is 0 Å². The van der Waals surface area contributed by atoms with Crippen molar-refractivity contribution >= 4 is 0 Å². The molecule has 0 heterocycles. The molecule has 0 aromatic carbocycles. The molecule has 1 heteroatoms. The lowest BCUT2D eigenvalue weighted by molar-refractivity contribution is 0.262. The van der Waals surface area contributed by atoms with Crippen molar-refractivity contribution in [3.05, 3.63) is 0 Å². The van der Waals surface area contributed by atoms with E-state index in [0.717, 1.165) is 55.3 Å². The molecule has 1 N–H and O–H groups in total. The number of hydrogen-bond donors (Lipinski definition) is 1. The molecule has 120 valence electrons. The second kappa shape index (κ2) is 7.57. The van der Waals surface area contributed by atoms with Crippen LogP contribution in [-0.4, -0.2) is 11.7 Å². The highest BCUT2D eigenvalue weighted by atomic mass is 16.3. The lowest BCUT2D eigenvalue weighted by atomic mass is 10.1. The summed E-state index contributed by atoms with van der Waals surface area (Å²) in [5, 5.41) is 8.98. The van der Waals surface area contributed by atoms with Crippen LogP contribution >= 0.6 is 0 Å². The number of aliphatic hydroxyl groups excluding tert-OH is 1. The standard InChI is InChI=1S/C11H16.C10H14O/c1-2-9-10-7-5-3-4-6-8-11(9)10;11-7-10-8-5-3-1-2-4-6-9(8)10/h9-11H,2,5-8H2,1H3;8-11H,3-7H2/t9?,10-,11+;8-,9+,10?. The van der Waals surface area contributed by atoms with Gasteiger partial charge in [0, 0.05) is 32.3 Å². The smallest absolute Gasteiger partial charge is 0.0464 e. The fraction of sp³-hybridized carbons (Fsp3) is 0.810. The van der Waals surface area contributed by atoms with Crippen LogP contribution in [0.3, 0.4) is 0 Å². The Bertz CT molecular complexity index is 404. The first-order chi connectivity index (χ1) is 10.9. The van der Waals surface area contributed by atoms with E-state index >= 15 is 0 Å². The van der Waals surface area contributed by atoms with Gasteiger partial charge < -0.3 is 5.11 Å². The van der Waals surface area contributed by atoms with Crippen LogP contribution in [0.5, 0.6) is 0 Å². The second-order valence-corrected chi connectivity index (χ2v) is 7.44. The van der Waals surface area contributed by atoms with Crippen molar-refractivity contribution in [1.82, 2.24) is 0 Å². The zero-order chi connectivity index (χ0) is 15.4. The van der Waals surface area contributed by atoms with Crippen LogP contribution in [0.25, 0.3) is 0 Å². The Kier molecular flexibility index (Phi) is 5.49. The quantitative estimate of drug-likeness (QED) is 0.755. The third kappa shape index (κ3) is 3.70. The molecule has 0 aromatic rings. The van der Waals surface area contributed by atoms with E-state index in [-0.39, 0.29) is 0 Å². The van der Waals surface area contributed by atoms with Crippen molar-refractivity contribution < 1.29 is 5.11 Å². The van der Waals surface area contributed by atoms with Gasteiger partial charge in [0.2, 0.25) is 0 Å². The van der Waals surface area contributed by atoms with Crippen molar-refractivity contribution in [2.75, 3.05) is 6.61 Å². The van der Waals surface area contributed by atoms with E-state index in [1.165, 1.54) is 32.1 Å². The minimum absolute atomic E-state index is 0.398. The Morgan fingerprint density at radius 2 is 1.05 bits per heavy atom. The minimum Gasteiger partial charge on any atom is -0.396 e. The van der Waals surface area contributed by atoms with E-state index in [9.17, 15) is 0 Å².